The zero-order valence-electron chi connectivity index (χ0n) is 14.3. The predicted octanol–water partition coefficient (Wildman–Crippen LogP) is 2.50. The number of carbonyl (C=O) groups is 1. The summed E-state index contributed by atoms with van der Waals surface area (Å²) < 4.78 is 0. The molecule has 0 aromatic carbocycles. The largest absolute Gasteiger partial charge is 0.356 e. The molecule has 2 aromatic heterocycles. The average Bonchev–Trinajstić information content (AvgIpc) is 3.29. The second-order valence-electron chi connectivity index (χ2n) is 7.32. The van der Waals surface area contributed by atoms with Gasteiger partial charge in [-0.3, -0.25) is 9.69 Å². The maximum atomic E-state index is 12.6. The van der Waals surface area contributed by atoms with Crippen LogP contribution in [0.2, 0.25) is 5.02 Å². The number of hydrogen-bond donors (Lipinski definition) is 1. The van der Waals surface area contributed by atoms with E-state index in [4.69, 9.17) is 11.6 Å². The van der Waals surface area contributed by atoms with Gasteiger partial charge in [-0.1, -0.05) is 11.6 Å². The second-order valence-corrected chi connectivity index (χ2v) is 7.76. The van der Waals surface area contributed by atoms with E-state index in [9.17, 15) is 4.79 Å². The second kappa shape index (κ2) is 6.42. The van der Waals surface area contributed by atoms with Gasteiger partial charge >= 0.3 is 0 Å². The molecule has 0 aliphatic carbocycles. The molecule has 2 aliphatic rings. The van der Waals surface area contributed by atoms with Crippen LogP contribution in [0.3, 0.4) is 0 Å². The highest BCUT2D eigenvalue weighted by Gasteiger charge is 2.44. The molecule has 0 bridgehead atoms. The van der Waals surface area contributed by atoms with E-state index < -0.39 is 0 Å². The van der Waals surface area contributed by atoms with Crippen molar-refractivity contribution in [2.75, 3.05) is 26.2 Å². The molecule has 2 aromatic rings. The number of carbonyl (C=O) groups excluding carboxylic acids is 1. The Hall–Kier alpha value is -1.92. The van der Waals surface area contributed by atoms with Crippen LogP contribution in [0.1, 0.15) is 34.7 Å². The number of halogens is 1. The van der Waals surface area contributed by atoms with Gasteiger partial charge in [0, 0.05) is 43.5 Å². The third-order valence-electron chi connectivity index (χ3n) is 5.37. The Morgan fingerprint density at radius 2 is 2.12 bits per heavy atom. The van der Waals surface area contributed by atoms with Gasteiger partial charge in [-0.2, -0.15) is 0 Å². The Morgan fingerprint density at radius 3 is 2.88 bits per heavy atom. The van der Waals surface area contributed by atoms with Gasteiger partial charge in [-0.15, -0.1) is 0 Å². The molecule has 0 saturated carbocycles. The molecule has 25 heavy (non-hydrogen) atoms. The number of aromatic nitrogens is 3. The van der Waals surface area contributed by atoms with Gasteiger partial charge < -0.3 is 9.88 Å². The van der Waals surface area contributed by atoms with E-state index in [1.807, 2.05) is 17.9 Å². The van der Waals surface area contributed by atoms with Crippen LogP contribution in [-0.2, 0) is 6.54 Å². The molecule has 132 valence electrons. The van der Waals surface area contributed by atoms with Crippen LogP contribution in [0.5, 0.6) is 0 Å². The molecule has 1 unspecified atom stereocenters. The first-order valence-corrected chi connectivity index (χ1v) is 9.04. The topological polar surface area (TPSA) is 65.1 Å². The number of amides is 1. The highest BCUT2D eigenvalue weighted by molar-refractivity contribution is 6.30. The number of nitrogens with zero attached hydrogens (tertiary/aromatic N) is 4. The first-order valence-electron chi connectivity index (χ1n) is 8.66. The summed E-state index contributed by atoms with van der Waals surface area (Å²) in [6.45, 7) is 6.55. The number of likely N-dealkylation sites (tertiary alicyclic amines) is 2. The molecule has 1 atom stereocenters. The fourth-order valence-electron chi connectivity index (χ4n) is 4.09. The summed E-state index contributed by atoms with van der Waals surface area (Å²) >= 11 is 5.92. The molecule has 1 spiro atoms. The minimum absolute atomic E-state index is 0.0497. The molecular weight excluding hydrogens is 338 g/mol. The van der Waals surface area contributed by atoms with Crippen molar-refractivity contribution in [2.45, 2.75) is 26.3 Å². The fraction of sp³-hybridized carbons (Fsp3) is 0.500. The molecule has 2 saturated heterocycles. The van der Waals surface area contributed by atoms with E-state index in [1.54, 1.807) is 18.6 Å². The van der Waals surface area contributed by atoms with Crippen molar-refractivity contribution in [3.8, 4) is 0 Å². The van der Waals surface area contributed by atoms with E-state index >= 15 is 0 Å². The van der Waals surface area contributed by atoms with Crippen molar-refractivity contribution < 1.29 is 4.79 Å². The Bertz CT molecular complexity index is 791. The van der Waals surface area contributed by atoms with Gasteiger partial charge in [0.2, 0.25) is 0 Å². The highest BCUT2D eigenvalue weighted by Crippen LogP contribution is 2.40. The van der Waals surface area contributed by atoms with Crippen LogP contribution < -0.4 is 0 Å². The van der Waals surface area contributed by atoms with Gasteiger partial charge in [-0.25, -0.2) is 9.97 Å². The molecule has 7 heteroatoms. The van der Waals surface area contributed by atoms with Gasteiger partial charge in [0.15, 0.2) is 0 Å². The smallest absolute Gasteiger partial charge is 0.270 e. The van der Waals surface area contributed by atoms with E-state index in [0.717, 1.165) is 57.0 Å². The van der Waals surface area contributed by atoms with E-state index in [1.165, 1.54) is 0 Å². The molecular formula is C18H22ClN5O. The molecule has 2 aliphatic heterocycles. The average molecular weight is 360 g/mol. The first-order chi connectivity index (χ1) is 12.0. The van der Waals surface area contributed by atoms with Crippen molar-refractivity contribution in [2.24, 2.45) is 5.41 Å². The molecule has 4 heterocycles. The normalized spacial score (nSPS) is 23.7. The Morgan fingerprint density at radius 1 is 1.28 bits per heavy atom. The van der Waals surface area contributed by atoms with E-state index in [-0.39, 0.29) is 11.3 Å². The Labute approximate surface area is 152 Å². The predicted molar refractivity (Wildman–Crippen MR) is 95.4 cm³/mol. The number of H-pyrrole nitrogens is 1. The third-order valence-corrected chi connectivity index (χ3v) is 5.59. The molecule has 6 nitrogen and oxygen atoms in total. The van der Waals surface area contributed by atoms with Crippen LogP contribution in [0.4, 0.5) is 0 Å². The maximum absolute atomic E-state index is 12.6. The highest BCUT2D eigenvalue weighted by atomic mass is 35.5. The quantitative estimate of drug-likeness (QED) is 0.914. The lowest BCUT2D eigenvalue weighted by molar-refractivity contribution is 0.0768. The van der Waals surface area contributed by atoms with Gasteiger partial charge in [-0.05, 0) is 38.4 Å². The number of hydrogen-bond acceptors (Lipinski definition) is 4. The minimum atomic E-state index is 0.0497. The van der Waals surface area contributed by atoms with Crippen molar-refractivity contribution in [3.05, 3.63) is 46.8 Å². The maximum Gasteiger partial charge on any atom is 0.270 e. The fourth-order valence-corrected chi connectivity index (χ4v) is 4.25. The number of nitrogens with one attached hydrogen (secondary N) is 1. The molecule has 0 radical (unpaired) electrons. The van der Waals surface area contributed by atoms with Crippen LogP contribution in [0.25, 0.3) is 0 Å². The first kappa shape index (κ1) is 16.5. The molecule has 1 N–H and O–H groups in total. The van der Waals surface area contributed by atoms with E-state index in [2.05, 4.69) is 19.9 Å². The Kier molecular flexibility index (Phi) is 4.25. The third kappa shape index (κ3) is 3.41. The summed E-state index contributed by atoms with van der Waals surface area (Å²) in [7, 11) is 0. The van der Waals surface area contributed by atoms with Crippen molar-refractivity contribution >= 4 is 17.5 Å². The number of aromatic amines is 1. The molecule has 1 amide bonds. The van der Waals surface area contributed by atoms with Crippen molar-refractivity contribution in [1.29, 1.82) is 0 Å². The van der Waals surface area contributed by atoms with Gasteiger partial charge in [0.1, 0.15) is 12.0 Å². The minimum Gasteiger partial charge on any atom is -0.356 e. The summed E-state index contributed by atoms with van der Waals surface area (Å²) in [4.78, 5) is 28.5. The van der Waals surface area contributed by atoms with Crippen LogP contribution in [0.15, 0.2) is 24.7 Å². The van der Waals surface area contributed by atoms with Gasteiger partial charge in [0.05, 0.1) is 10.7 Å². The standard InChI is InChI=1S/C18H22ClN5O/c1-13-6-15(22-12-21-13)9-23-4-2-18(10-23)3-5-24(11-18)17(25)16-7-14(19)8-20-16/h6-8,12,20H,2-5,9-11H2,1H3. The van der Waals surface area contributed by atoms with Crippen molar-refractivity contribution in [3.63, 3.8) is 0 Å². The lowest BCUT2D eigenvalue weighted by Crippen LogP contribution is -2.34. The van der Waals surface area contributed by atoms with E-state index in [0.29, 0.717) is 10.7 Å². The monoisotopic (exact) mass is 359 g/mol. The zero-order valence-corrected chi connectivity index (χ0v) is 15.1. The van der Waals surface area contributed by atoms with Crippen LogP contribution in [0, 0.1) is 12.3 Å². The zero-order chi connectivity index (χ0) is 17.4. The van der Waals surface area contributed by atoms with Gasteiger partial charge in [0.25, 0.3) is 5.91 Å². The Balaban J connectivity index is 1.38. The van der Waals surface area contributed by atoms with Crippen molar-refractivity contribution in [1.82, 2.24) is 24.8 Å². The molecule has 2 fully saturated rings. The summed E-state index contributed by atoms with van der Waals surface area (Å²) in [5.74, 6) is 0.0497. The lowest BCUT2D eigenvalue weighted by atomic mass is 9.86. The summed E-state index contributed by atoms with van der Waals surface area (Å²) in [6.07, 6.45) is 5.48. The SMILES string of the molecule is Cc1cc(CN2CCC3(CCN(C(=O)c4cc(Cl)c[nH]4)C3)C2)ncn1. The summed E-state index contributed by atoms with van der Waals surface area (Å²) in [6, 6.07) is 3.75. The van der Waals surface area contributed by atoms with Crippen LogP contribution in [-0.4, -0.2) is 56.8 Å². The van der Waals surface area contributed by atoms with Crippen LogP contribution >= 0.6 is 11.6 Å². The summed E-state index contributed by atoms with van der Waals surface area (Å²) in [5.41, 5.74) is 2.86. The lowest BCUT2D eigenvalue weighted by Gasteiger charge is -2.24. The number of aryl methyl sites for hydroxylation is 1. The molecule has 4 rings (SSSR count). The summed E-state index contributed by atoms with van der Waals surface area (Å²) in [5, 5.41) is 0.574. The number of rotatable bonds is 3.